The van der Waals surface area contributed by atoms with Crippen molar-refractivity contribution in [2.24, 2.45) is 0 Å². The van der Waals surface area contributed by atoms with Crippen LogP contribution in [0.3, 0.4) is 0 Å². The maximum Gasteiger partial charge on any atom is 0.356 e. The van der Waals surface area contributed by atoms with Gasteiger partial charge in [0.2, 0.25) is 0 Å². The normalized spacial score (nSPS) is 12.0. The third kappa shape index (κ3) is 2.80. The van der Waals surface area contributed by atoms with Gasteiger partial charge in [-0.2, -0.15) is 0 Å². The van der Waals surface area contributed by atoms with Crippen molar-refractivity contribution < 1.29 is 19.1 Å². The van der Waals surface area contributed by atoms with Gasteiger partial charge in [0.25, 0.3) is 0 Å². The van der Waals surface area contributed by atoms with Crippen molar-refractivity contribution in [2.45, 2.75) is 6.92 Å². The summed E-state index contributed by atoms with van der Waals surface area (Å²) in [6, 6.07) is 20.4. The van der Waals surface area contributed by atoms with Gasteiger partial charge in [-0.05, 0) is 43.3 Å². The molecule has 132 valence electrons. The Bertz CT molecular complexity index is 1160. The molecule has 0 radical (unpaired) electrons. The minimum Gasteiger partial charge on any atom is -0.494 e. The molecule has 5 nitrogen and oxygen atoms in total. The molecule has 0 aliphatic heterocycles. The van der Waals surface area contributed by atoms with Gasteiger partial charge in [-0.1, -0.05) is 24.3 Å². The lowest BCUT2D eigenvalue weighted by atomic mass is 10.1. The van der Waals surface area contributed by atoms with E-state index in [1.54, 1.807) is 12.1 Å². The van der Waals surface area contributed by atoms with Crippen LogP contribution in [0.2, 0.25) is 0 Å². The zero-order chi connectivity index (χ0) is 18.3. The molecule has 3 aromatic carbocycles. The standard InChI is InChI=1S/C20H18NO4P/c1-2-25-15-10-11-18-17-8-3-4-9-19(17)21(20(18)13-15)14-6-5-7-16(12-14)26(22,23)24/h3-13H,2H2,1H3,(H2,22,23,24). The highest BCUT2D eigenvalue weighted by Crippen LogP contribution is 2.36. The van der Waals surface area contributed by atoms with E-state index in [1.165, 1.54) is 6.07 Å². The van der Waals surface area contributed by atoms with Crippen LogP contribution in [0.4, 0.5) is 0 Å². The number of ether oxygens (including phenoxy) is 1. The molecule has 6 heteroatoms. The van der Waals surface area contributed by atoms with E-state index in [1.807, 2.05) is 60.0 Å². The van der Waals surface area contributed by atoms with E-state index in [-0.39, 0.29) is 5.30 Å². The number of benzene rings is 3. The first-order chi connectivity index (χ1) is 12.5. The van der Waals surface area contributed by atoms with Crippen molar-refractivity contribution in [3.8, 4) is 11.4 Å². The fourth-order valence-corrected chi connectivity index (χ4v) is 3.88. The number of nitrogens with zero attached hydrogens (tertiary/aromatic N) is 1. The Hall–Kier alpha value is -2.59. The lowest BCUT2D eigenvalue weighted by Gasteiger charge is -2.11. The lowest BCUT2D eigenvalue weighted by Crippen LogP contribution is -2.06. The van der Waals surface area contributed by atoms with Crippen molar-refractivity contribution in [2.75, 3.05) is 6.61 Å². The third-order valence-corrected chi connectivity index (χ3v) is 5.33. The van der Waals surface area contributed by atoms with Gasteiger partial charge in [-0.15, -0.1) is 0 Å². The monoisotopic (exact) mass is 367 g/mol. The summed E-state index contributed by atoms with van der Waals surface area (Å²) >= 11 is 0. The Kier molecular flexibility index (Phi) is 4.08. The van der Waals surface area contributed by atoms with E-state index in [0.717, 1.165) is 27.6 Å². The number of fused-ring (bicyclic) bond motifs is 3. The second kappa shape index (κ2) is 6.29. The Balaban J connectivity index is 2.07. The van der Waals surface area contributed by atoms with Crippen LogP contribution in [0, 0.1) is 0 Å². The Morgan fingerprint density at radius 2 is 1.69 bits per heavy atom. The van der Waals surface area contributed by atoms with E-state index in [0.29, 0.717) is 12.3 Å². The fraction of sp³-hybridized carbons (Fsp3) is 0.100. The van der Waals surface area contributed by atoms with Gasteiger partial charge in [0.1, 0.15) is 5.75 Å². The largest absolute Gasteiger partial charge is 0.494 e. The average molecular weight is 367 g/mol. The summed E-state index contributed by atoms with van der Waals surface area (Å²) in [5, 5.41) is 2.14. The van der Waals surface area contributed by atoms with Crippen molar-refractivity contribution in [3.05, 3.63) is 66.7 Å². The zero-order valence-electron chi connectivity index (χ0n) is 14.2. The summed E-state index contributed by atoms with van der Waals surface area (Å²) < 4.78 is 19.3. The predicted octanol–water partition coefficient (Wildman–Crippen LogP) is 3.99. The van der Waals surface area contributed by atoms with E-state index >= 15 is 0 Å². The molecule has 0 unspecified atom stereocenters. The molecule has 26 heavy (non-hydrogen) atoms. The maximum atomic E-state index is 11.7. The van der Waals surface area contributed by atoms with E-state index in [9.17, 15) is 14.4 Å². The van der Waals surface area contributed by atoms with Gasteiger partial charge >= 0.3 is 7.60 Å². The molecule has 0 saturated carbocycles. The number of rotatable bonds is 4. The molecule has 0 atom stereocenters. The van der Waals surface area contributed by atoms with Gasteiger partial charge in [0, 0.05) is 22.5 Å². The summed E-state index contributed by atoms with van der Waals surface area (Å²) in [5.41, 5.74) is 2.60. The molecule has 0 fully saturated rings. The maximum absolute atomic E-state index is 11.7. The van der Waals surface area contributed by atoms with Gasteiger partial charge in [0.05, 0.1) is 22.9 Å². The van der Waals surface area contributed by atoms with Crippen LogP contribution in [-0.4, -0.2) is 21.0 Å². The van der Waals surface area contributed by atoms with Crippen molar-refractivity contribution in [1.82, 2.24) is 4.57 Å². The summed E-state index contributed by atoms with van der Waals surface area (Å²) in [7, 11) is -4.33. The van der Waals surface area contributed by atoms with Gasteiger partial charge < -0.3 is 19.1 Å². The molecular weight excluding hydrogens is 349 g/mol. The molecule has 0 aliphatic rings. The number of aromatic nitrogens is 1. The Morgan fingerprint density at radius 3 is 2.46 bits per heavy atom. The van der Waals surface area contributed by atoms with Crippen LogP contribution in [-0.2, 0) is 4.57 Å². The molecule has 1 aromatic heterocycles. The summed E-state index contributed by atoms with van der Waals surface area (Å²) in [6.07, 6.45) is 0. The van der Waals surface area contributed by atoms with Crippen LogP contribution < -0.4 is 10.0 Å². The Labute approximate surface area is 150 Å². The van der Waals surface area contributed by atoms with E-state index in [2.05, 4.69) is 0 Å². The molecule has 0 saturated heterocycles. The Morgan fingerprint density at radius 1 is 0.923 bits per heavy atom. The average Bonchev–Trinajstić information content (AvgIpc) is 2.95. The van der Waals surface area contributed by atoms with Crippen LogP contribution in [0.1, 0.15) is 6.92 Å². The predicted molar refractivity (Wildman–Crippen MR) is 104 cm³/mol. The van der Waals surface area contributed by atoms with Gasteiger partial charge in [-0.25, -0.2) is 0 Å². The highest BCUT2D eigenvalue weighted by atomic mass is 31.2. The summed E-state index contributed by atoms with van der Waals surface area (Å²) in [4.78, 5) is 19.1. The van der Waals surface area contributed by atoms with Crippen LogP contribution in [0.25, 0.3) is 27.5 Å². The van der Waals surface area contributed by atoms with Gasteiger partial charge in [0.15, 0.2) is 0 Å². The zero-order valence-corrected chi connectivity index (χ0v) is 15.1. The first-order valence-corrected chi connectivity index (χ1v) is 9.93. The number of hydrogen-bond acceptors (Lipinski definition) is 2. The number of para-hydroxylation sites is 1. The molecule has 1 heterocycles. The SMILES string of the molecule is CCOc1ccc2c3ccccc3n(-c3cccc(P(=O)(O)O)c3)c2c1. The number of hydrogen-bond donors (Lipinski definition) is 2. The van der Waals surface area contributed by atoms with Crippen molar-refractivity contribution in [3.63, 3.8) is 0 Å². The molecule has 2 N–H and O–H groups in total. The van der Waals surface area contributed by atoms with E-state index < -0.39 is 7.60 Å². The molecule has 0 bridgehead atoms. The van der Waals surface area contributed by atoms with Crippen LogP contribution in [0.15, 0.2) is 66.7 Å². The molecule has 0 amide bonds. The summed E-state index contributed by atoms with van der Waals surface area (Å²) in [5.74, 6) is 0.759. The first-order valence-electron chi connectivity index (χ1n) is 8.31. The lowest BCUT2D eigenvalue weighted by molar-refractivity contribution is 0.340. The highest BCUT2D eigenvalue weighted by Gasteiger charge is 2.19. The summed E-state index contributed by atoms with van der Waals surface area (Å²) in [6.45, 7) is 2.50. The minimum atomic E-state index is -4.33. The second-order valence-corrected chi connectivity index (χ2v) is 7.63. The topological polar surface area (TPSA) is 71.7 Å². The van der Waals surface area contributed by atoms with Crippen molar-refractivity contribution in [1.29, 1.82) is 0 Å². The van der Waals surface area contributed by atoms with Crippen molar-refractivity contribution >= 4 is 34.7 Å². The van der Waals surface area contributed by atoms with Gasteiger partial charge in [-0.3, -0.25) is 4.57 Å². The van der Waals surface area contributed by atoms with E-state index in [4.69, 9.17) is 4.74 Å². The first kappa shape index (κ1) is 16.9. The minimum absolute atomic E-state index is 0.00175. The molecule has 4 rings (SSSR count). The molecule has 0 aliphatic carbocycles. The smallest absolute Gasteiger partial charge is 0.356 e. The molecular formula is C20H18NO4P. The van der Waals surface area contributed by atoms with Crippen LogP contribution in [0.5, 0.6) is 5.75 Å². The quantitative estimate of drug-likeness (QED) is 0.535. The molecule has 4 aromatic rings. The third-order valence-electron chi connectivity index (χ3n) is 4.38. The van der Waals surface area contributed by atoms with Crippen LogP contribution >= 0.6 is 7.60 Å². The molecule has 0 spiro atoms. The highest BCUT2D eigenvalue weighted by molar-refractivity contribution is 7.60. The second-order valence-electron chi connectivity index (χ2n) is 6.03. The fourth-order valence-electron chi connectivity index (χ4n) is 3.30.